The number of H-pyrrole nitrogens is 1. The molecule has 8 heteroatoms. The Kier molecular flexibility index (Phi) is 5.10. The molecule has 1 aliphatic heterocycles. The molecule has 2 fully saturated rings. The van der Waals surface area contributed by atoms with Crippen LogP contribution in [0, 0.1) is 34.8 Å². The zero-order valence-corrected chi connectivity index (χ0v) is 19.8. The molecule has 2 bridgehead atoms. The minimum Gasteiger partial charge on any atom is -0.489 e. The summed E-state index contributed by atoms with van der Waals surface area (Å²) >= 11 is 3.07. The van der Waals surface area contributed by atoms with Crippen molar-refractivity contribution in [2.24, 2.45) is 17.8 Å². The third-order valence-electron chi connectivity index (χ3n) is 7.52. The van der Waals surface area contributed by atoms with Crippen LogP contribution in [-0.2, 0) is 6.61 Å². The van der Waals surface area contributed by atoms with Crippen molar-refractivity contribution in [2.45, 2.75) is 49.0 Å². The molecule has 0 amide bonds. The van der Waals surface area contributed by atoms with E-state index in [1.165, 1.54) is 42.2 Å². The lowest BCUT2D eigenvalue weighted by Gasteiger charge is -2.40. The summed E-state index contributed by atoms with van der Waals surface area (Å²) in [4.78, 5) is 27.7. The Morgan fingerprint density at radius 3 is 2.73 bits per heavy atom. The molecule has 0 saturated heterocycles. The first-order chi connectivity index (χ1) is 16.0. The highest BCUT2D eigenvalue weighted by molar-refractivity contribution is 8.00. The molecule has 2 aromatic carbocycles. The number of fused-ring (bicyclic) bond motifs is 6. The summed E-state index contributed by atoms with van der Waals surface area (Å²) in [6.07, 6.45) is 3.65. The van der Waals surface area contributed by atoms with Gasteiger partial charge in [-0.3, -0.25) is 14.9 Å². The number of nitrogens with one attached hydrogen (secondary N) is 1. The van der Waals surface area contributed by atoms with E-state index in [9.17, 15) is 14.9 Å². The molecule has 1 aromatic heterocycles. The van der Waals surface area contributed by atoms with Crippen molar-refractivity contribution < 1.29 is 9.66 Å². The van der Waals surface area contributed by atoms with Gasteiger partial charge in [-0.25, -0.2) is 0 Å². The minimum absolute atomic E-state index is 0.0570. The van der Waals surface area contributed by atoms with E-state index in [-0.39, 0.29) is 21.4 Å². The molecule has 5 atom stereocenters. The van der Waals surface area contributed by atoms with Crippen molar-refractivity contribution in [1.82, 2.24) is 4.98 Å². The average molecular weight is 481 g/mol. The number of aryl methyl sites for hydroxylation is 1. The average Bonchev–Trinajstić information content (AvgIpc) is 3.51. The second kappa shape index (κ2) is 8.02. The fraction of sp³-hybridized carbons (Fsp3) is 0.400. The molecule has 6 nitrogen and oxygen atoms in total. The first-order valence-electron chi connectivity index (χ1n) is 11.3. The Morgan fingerprint density at radius 2 is 1.94 bits per heavy atom. The van der Waals surface area contributed by atoms with Crippen molar-refractivity contribution >= 4 is 28.8 Å². The number of ether oxygens (including phenoxy) is 1. The van der Waals surface area contributed by atoms with Crippen molar-refractivity contribution in [3.8, 4) is 5.75 Å². The Labute approximate surface area is 199 Å². The number of rotatable bonds is 5. The summed E-state index contributed by atoms with van der Waals surface area (Å²) in [5.74, 6) is 2.23. The van der Waals surface area contributed by atoms with Crippen molar-refractivity contribution in [2.75, 3.05) is 0 Å². The smallest absolute Gasteiger partial charge is 0.305 e. The fourth-order valence-corrected chi connectivity index (χ4v) is 8.95. The number of aromatic nitrogens is 1. The Balaban J connectivity index is 1.44. The van der Waals surface area contributed by atoms with Gasteiger partial charge in [0.1, 0.15) is 12.4 Å². The Hall–Kier alpha value is -2.58. The third-order valence-corrected chi connectivity index (χ3v) is 10.1. The first kappa shape index (κ1) is 21.0. The highest BCUT2D eigenvalue weighted by Crippen LogP contribution is 2.64. The molecule has 3 aliphatic rings. The van der Waals surface area contributed by atoms with Gasteiger partial charge in [0.15, 0.2) is 0 Å². The van der Waals surface area contributed by atoms with E-state index in [0.717, 1.165) is 21.0 Å². The number of thiazole rings is 1. The van der Waals surface area contributed by atoms with Crippen molar-refractivity contribution in [1.29, 1.82) is 0 Å². The number of nitro groups is 1. The summed E-state index contributed by atoms with van der Waals surface area (Å²) in [6.45, 7) is 2.44. The molecular formula is C25H24N2O4S2. The van der Waals surface area contributed by atoms with Gasteiger partial charge in [0.25, 0.3) is 5.69 Å². The SMILES string of the molecule is Cc1ccc(COc2ccc([N+](=O)[O-])cc2[C@H]2c3sc(=O)[nH]c3S[C@H]3[C@@H]4CC[C@@H](C4)[C@H]23)cc1. The summed E-state index contributed by atoms with van der Waals surface area (Å²) in [7, 11) is 0. The number of nitrogens with zero attached hydrogens (tertiary/aromatic N) is 1. The van der Waals surface area contributed by atoms with Gasteiger partial charge < -0.3 is 9.72 Å². The maximum absolute atomic E-state index is 12.3. The summed E-state index contributed by atoms with van der Waals surface area (Å²) < 4.78 is 6.29. The zero-order chi connectivity index (χ0) is 22.7. The summed E-state index contributed by atoms with van der Waals surface area (Å²) in [5.41, 5.74) is 3.14. The fourth-order valence-electron chi connectivity index (χ4n) is 6.07. The first-order valence-corrected chi connectivity index (χ1v) is 13.0. The highest BCUT2D eigenvalue weighted by atomic mass is 32.2. The van der Waals surface area contributed by atoms with Gasteiger partial charge in [0, 0.05) is 33.7 Å². The number of hydrogen-bond donors (Lipinski definition) is 1. The second-order valence-electron chi connectivity index (χ2n) is 9.43. The number of thioether (sulfide) groups is 1. The molecule has 3 aromatic rings. The molecule has 2 heterocycles. The lowest BCUT2D eigenvalue weighted by molar-refractivity contribution is -0.385. The Morgan fingerprint density at radius 1 is 1.15 bits per heavy atom. The molecule has 33 heavy (non-hydrogen) atoms. The largest absolute Gasteiger partial charge is 0.489 e. The lowest BCUT2D eigenvalue weighted by Crippen LogP contribution is -2.33. The molecule has 1 N–H and O–H groups in total. The van der Waals surface area contributed by atoms with E-state index in [1.54, 1.807) is 12.1 Å². The maximum atomic E-state index is 12.3. The quantitative estimate of drug-likeness (QED) is 0.364. The number of aromatic amines is 1. The molecule has 0 unspecified atom stereocenters. The van der Waals surface area contributed by atoms with Crippen LogP contribution < -0.4 is 9.61 Å². The van der Waals surface area contributed by atoms with E-state index < -0.39 is 0 Å². The van der Waals surface area contributed by atoms with E-state index >= 15 is 0 Å². The topological polar surface area (TPSA) is 85.2 Å². The van der Waals surface area contributed by atoms with Gasteiger partial charge in [0.05, 0.1) is 9.95 Å². The number of non-ortho nitro benzene ring substituents is 1. The molecule has 2 saturated carbocycles. The van der Waals surface area contributed by atoms with Crippen LogP contribution in [0.3, 0.4) is 0 Å². The third kappa shape index (κ3) is 3.60. The predicted molar refractivity (Wildman–Crippen MR) is 129 cm³/mol. The van der Waals surface area contributed by atoms with Crippen LogP contribution in [-0.4, -0.2) is 15.2 Å². The molecule has 0 spiro atoms. The van der Waals surface area contributed by atoms with Crippen LogP contribution in [0.1, 0.15) is 46.7 Å². The van der Waals surface area contributed by atoms with Gasteiger partial charge in [0.2, 0.25) is 0 Å². The highest BCUT2D eigenvalue weighted by Gasteiger charge is 2.55. The minimum atomic E-state index is -0.344. The second-order valence-corrected chi connectivity index (χ2v) is 11.6. The normalized spacial score (nSPS) is 27.2. The van der Waals surface area contributed by atoms with Gasteiger partial charge >= 0.3 is 4.87 Å². The molecule has 2 aliphatic carbocycles. The Bertz CT molecular complexity index is 1280. The van der Waals surface area contributed by atoms with E-state index in [4.69, 9.17) is 4.74 Å². The van der Waals surface area contributed by atoms with Crippen LogP contribution in [0.5, 0.6) is 5.75 Å². The van der Waals surface area contributed by atoms with Gasteiger partial charge in [-0.1, -0.05) is 41.2 Å². The van der Waals surface area contributed by atoms with Crippen molar-refractivity contribution in [3.63, 3.8) is 0 Å². The van der Waals surface area contributed by atoms with Crippen LogP contribution in [0.2, 0.25) is 0 Å². The van der Waals surface area contributed by atoms with E-state index in [0.29, 0.717) is 35.4 Å². The van der Waals surface area contributed by atoms with Crippen LogP contribution >= 0.6 is 23.1 Å². The van der Waals surface area contributed by atoms with E-state index in [2.05, 4.69) is 17.1 Å². The lowest BCUT2D eigenvalue weighted by atomic mass is 9.74. The number of hydrogen-bond acceptors (Lipinski definition) is 6. The van der Waals surface area contributed by atoms with E-state index in [1.807, 2.05) is 30.8 Å². The van der Waals surface area contributed by atoms with Gasteiger partial charge in [-0.2, -0.15) is 0 Å². The molecule has 6 rings (SSSR count). The molecule has 170 valence electrons. The standard InChI is InChI=1S/C25H24N2O4S2/c1-13-2-4-14(5-3-13)12-31-19-9-8-17(27(29)30)11-18(19)21-20-15-6-7-16(10-15)22(20)32-24-23(21)33-25(28)26-24/h2-5,8-9,11,15-16,20-22H,6-7,10,12H2,1H3,(H,26,28)/t15-,16+,20+,21+,22-/m0/s1. The van der Waals surface area contributed by atoms with Crippen LogP contribution in [0.4, 0.5) is 5.69 Å². The number of benzene rings is 2. The van der Waals surface area contributed by atoms with Gasteiger partial charge in [-0.15, -0.1) is 11.8 Å². The summed E-state index contributed by atoms with van der Waals surface area (Å²) in [5, 5.41) is 13.1. The molecule has 0 radical (unpaired) electrons. The van der Waals surface area contributed by atoms with Crippen molar-refractivity contribution in [3.05, 3.63) is 83.8 Å². The monoisotopic (exact) mass is 480 g/mol. The summed E-state index contributed by atoms with van der Waals surface area (Å²) in [6, 6.07) is 13.1. The zero-order valence-electron chi connectivity index (χ0n) is 18.2. The maximum Gasteiger partial charge on any atom is 0.305 e. The van der Waals surface area contributed by atoms with Gasteiger partial charge in [-0.05, 0) is 55.6 Å². The predicted octanol–water partition coefficient (Wildman–Crippen LogP) is 5.88. The number of nitro benzene ring substituents is 1. The van der Waals surface area contributed by atoms with Crippen LogP contribution in [0.15, 0.2) is 52.3 Å². The molecular weight excluding hydrogens is 456 g/mol. The van der Waals surface area contributed by atoms with Crippen LogP contribution in [0.25, 0.3) is 0 Å².